The van der Waals surface area contributed by atoms with Gasteiger partial charge in [0.1, 0.15) is 50.8 Å². The third-order valence-corrected chi connectivity index (χ3v) is 11.1. The van der Waals surface area contributed by atoms with Gasteiger partial charge >= 0.3 is 59.7 Å². The Morgan fingerprint density at radius 1 is 0.500 bits per heavy atom. The summed E-state index contributed by atoms with van der Waals surface area (Å²) in [4.78, 5) is 151. The van der Waals surface area contributed by atoms with Gasteiger partial charge in [-0.15, -0.1) is 0 Å². The fourth-order valence-electron chi connectivity index (χ4n) is 8.31. The molecule has 12 atom stereocenters. The molecule has 80 heavy (non-hydrogen) atoms. The van der Waals surface area contributed by atoms with E-state index in [-0.39, 0.29) is 0 Å². The summed E-state index contributed by atoms with van der Waals surface area (Å²) in [5, 5.41) is 5.12. The number of carbonyl (C=O) groups is 12. The van der Waals surface area contributed by atoms with Gasteiger partial charge in [0.2, 0.25) is 11.8 Å². The van der Waals surface area contributed by atoms with E-state index in [9.17, 15) is 57.5 Å². The summed E-state index contributed by atoms with van der Waals surface area (Å²) in [5.41, 5.74) is 0.746. The molecule has 2 saturated heterocycles. The Balaban J connectivity index is 2.01. The third kappa shape index (κ3) is 20.2. The number of rotatable bonds is 22. The second-order valence-electron chi connectivity index (χ2n) is 17.6. The zero-order valence-corrected chi connectivity index (χ0v) is 45.9. The number of methoxy groups -OCH3 is 2. The van der Waals surface area contributed by atoms with Crippen molar-refractivity contribution >= 4 is 71.5 Å². The van der Waals surface area contributed by atoms with Crippen LogP contribution in [0.25, 0.3) is 0 Å². The van der Waals surface area contributed by atoms with E-state index in [0.717, 1.165) is 83.5 Å². The van der Waals surface area contributed by atoms with Crippen molar-refractivity contribution in [3.05, 3.63) is 35.4 Å². The van der Waals surface area contributed by atoms with Crippen LogP contribution in [-0.4, -0.2) is 185 Å². The Morgan fingerprint density at radius 3 is 1.09 bits per heavy atom. The van der Waals surface area contributed by atoms with Gasteiger partial charge in [0.15, 0.2) is 24.4 Å². The number of carbonyl (C=O) groups excluding carboxylic acids is 12. The molecule has 0 aliphatic carbocycles. The molecule has 0 aromatic heterocycles. The number of ether oxygens (including phenoxy) is 14. The van der Waals surface area contributed by atoms with Gasteiger partial charge in [0.05, 0.1) is 39.1 Å². The average molecular weight is 1130 g/mol. The average Bonchev–Trinajstić information content (AvgIpc) is 3.36. The summed E-state index contributed by atoms with van der Waals surface area (Å²) in [6, 6.07) is 3.31. The number of esters is 10. The lowest BCUT2D eigenvalue weighted by molar-refractivity contribution is -0.311. The number of amides is 2. The van der Waals surface area contributed by atoms with E-state index in [4.69, 9.17) is 66.3 Å². The molecule has 2 aliphatic heterocycles. The molecule has 1 aromatic carbocycles. The normalized spacial score (nSPS) is 23.4. The second-order valence-corrected chi connectivity index (χ2v) is 17.6. The fraction of sp³-hybridized carbons (Fsp3) is 0.577. The van der Waals surface area contributed by atoms with Crippen LogP contribution >= 0.6 is 0 Å². The van der Waals surface area contributed by atoms with Crippen LogP contribution in [0.3, 0.4) is 0 Å². The molecule has 0 radical (unpaired) electrons. The first-order valence-corrected chi connectivity index (χ1v) is 24.3. The van der Waals surface area contributed by atoms with E-state index in [1.54, 1.807) is 24.3 Å². The molecule has 0 saturated carbocycles. The summed E-state index contributed by atoms with van der Waals surface area (Å²) in [6.07, 6.45) is -14.5. The second kappa shape index (κ2) is 30.8. The molecule has 28 nitrogen and oxygen atoms in total. The Kier molecular flexibility index (Phi) is 25.5. The molecule has 438 valence electrons. The SMILES string of the molecule is COC(=O)[C@@]1(OCC#Cc2ccc(C#CCO[C@]3(C(=O)OC)C[C@H](OC(C)=O)[C@@H](NC(C)=O)[C@H]([C@H](OC(C)=O)[C@@H](COC(C)=O)OC(C)=O)O3)cc2)C[C@H](OC(C)=O)[C@@H](NC(C)=O)[C@H]([C@H](OC(C)=O)[C@@H](COC(C)=O)OC(C)=O)O1. The first-order chi connectivity index (χ1) is 37.5. The van der Waals surface area contributed by atoms with E-state index in [2.05, 4.69) is 34.3 Å². The van der Waals surface area contributed by atoms with Gasteiger partial charge in [-0.05, 0) is 24.3 Å². The largest absolute Gasteiger partial charge is 0.465 e. The van der Waals surface area contributed by atoms with Crippen LogP contribution in [0.15, 0.2) is 24.3 Å². The van der Waals surface area contributed by atoms with Gasteiger partial charge < -0.3 is 76.9 Å². The van der Waals surface area contributed by atoms with Gasteiger partial charge in [0.25, 0.3) is 11.6 Å². The van der Waals surface area contributed by atoms with Crippen LogP contribution in [-0.2, 0) is 124 Å². The molecule has 0 unspecified atom stereocenters. The first kappa shape index (κ1) is 66.1. The van der Waals surface area contributed by atoms with Gasteiger partial charge in [0, 0.05) is 80.4 Å². The van der Waals surface area contributed by atoms with Crippen molar-refractivity contribution in [2.75, 3.05) is 40.6 Å². The standard InChI is InChI=1S/C52H64N2O26/c1-27(55)53-43-39(73-31(5)59)23-51(49(65)67-11,79-47(43)45(77-35(9)63)41(75-33(7)61)25-69-29(3)57)71-21-13-15-37-17-19-38(20-18-37)16-14-22-72-52(50(66)68-12)24-40(74-32(6)60)44(54-28(2)56)48(80-52)46(78-36(10)64)42(76-34(8)62)26-70-30(4)58/h17-20,39-48H,21-26H2,1-12H3,(H,53,55)(H,54,56)/t39-,40-,41+,42+,43+,44+,45+,46+,47+,48+,51+,52+/m0/s1. The van der Waals surface area contributed by atoms with Gasteiger partial charge in [-0.1, -0.05) is 23.7 Å². The maximum Gasteiger partial charge on any atom is 0.366 e. The summed E-state index contributed by atoms with van der Waals surface area (Å²) in [6.45, 7) is 7.85. The minimum Gasteiger partial charge on any atom is -0.465 e. The van der Waals surface area contributed by atoms with Crippen molar-refractivity contribution in [2.24, 2.45) is 0 Å². The van der Waals surface area contributed by atoms with Crippen LogP contribution < -0.4 is 10.6 Å². The van der Waals surface area contributed by atoms with Crippen LogP contribution in [0.4, 0.5) is 0 Å². The number of nitrogens with one attached hydrogen (secondary N) is 2. The molecule has 1 aromatic rings. The molecule has 0 bridgehead atoms. The zero-order valence-electron chi connectivity index (χ0n) is 45.9. The Morgan fingerprint density at radius 2 is 0.825 bits per heavy atom. The van der Waals surface area contributed by atoms with E-state index in [0.29, 0.717) is 11.1 Å². The predicted molar refractivity (Wildman–Crippen MR) is 262 cm³/mol. The highest BCUT2D eigenvalue weighted by Crippen LogP contribution is 2.39. The molecule has 2 fully saturated rings. The summed E-state index contributed by atoms with van der Waals surface area (Å²) >= 11 is 0. The highest BCUT2D eigenvalue weighted by molar-refractivity contribution is 5.80. The molecule has 28 heteroatoms. The Hall–Kier alpha value is -8.18. The van der Waals surface area contributed by atoms with Crippen LogP contribution in [0.1, 0.15) is 93.2 Å². The lowest BCUT2D eigenvalue weighted by atomic mass is 9.88. The highest BCUT2D eigenvalue weighted by atomic mass is 16.8. The van der Waals surface area contributed by atoms with Crippen molar-refractivity contribution in [1.82, 2.24) is 10.6 Å². The summed E-state index contributed by atoms with van der Waals surface area (Å²) < 4.78 is 77.6. The maximum absolute atomic E-state index is 13.7. The van der Waals surface area contributed by atoms with Crippen molar-refractivity contribution in [2.45, 2.75) is 155 Å². The fourth-order valence-corrected chi connectivity index (χ4v) is 8.31. The number of hydrogen-bond acceptors (Lipinski definition) is 26. The van der Waals surface area contributed by atoms with Crippen LogP contribution in [0.5, 0.6) is 0 Å². The topological polar surface area (TPSA) is 358 Å². The molecular formula is C52H64N2O26. The van der Waals surface area contributed by atoms with Crippen LogP contribution in [0.2, 0.25) is 0 Å². The van der Waals surface area contributed by atoms with E-state index in [1.165, 1.54) is 0 Å². The lowest BCUT2D eigenvalue weighted by Gasteiger charge is -2.48. The highest BCUT2D eigenvalue weighted by Gasteiger charge is 2.61. The molecular weight excluding hydrogens is 1070 g/mol. The van der Waals surface area contributed by atoms with Crippen molar-refractivity contribution in [3.63, 3.8) is 0 Å². The van der Waals surface area contributed by atoms with Crippen molar-refractivity contribution < 1.29 is 124 Å². The molecule has 2 aliphatic rings. The predicted octanol–water partition coefficient (Wildman–Crippen LogP) is -0.535. The smallest absolute Gasteiger partial charge is 0.366 e. The maximum atomic E-state index is 13.7. The number of hydrogen-bond donors (Lipinski definition) is 2. The summed E-state index contributed by atoms with van der Waals surface area (Å²) in [7, 11) is 1.98. The van der Waals surface area contributed by atoms with E-state index in [1.807, 2.05) is 0 Å². The zero-order chi connectivity index (χ0) is 60.1. The van der Waals surface area contributed by atoms with Crippen molar-refractivity contribution in [1.29, 1.82) is 0 Å². The molecule has 2 amide bonds. The van der Waals surface area contributed by atoms with Gasteiger partial charge in [-0.2, -0.15) is 0 Å². The number of benzene rings is 1. The quantitative estimate of drug-likeness (QED) is 0.0837. The molecule has 3 rings (SSSR count). The third-order valence-electron chi connectivity index (χ3n) is 11.1. The van der Waals surface area contributed by atoms with E-state index < -0.39 is 183 Å². The molecule has 2 heterocycles. The Labute approximate surface area is 459 Å². The lowest BCUT2D eigenvalue weighted by Crippen LogP contribution is -2.69. The summed E-state index contributed by atoms with van der Waals surface area (Å²) in [5.74, 6) is -4.89. The van der Waals surface area contributed by atoms with Gasteiger partial charge in [-0.3, -0.25) is 47.9 Å². The minimum atomic E-state index is -2.52. The molecule has 0 spiro atoms. The van der Waals surface area contributed by atoms with E-state index >= 15 is 0 Å². The monoisotopic (exact) mass is 1130 g/mol. The molecule has 2 N–H and O–H groups in total. The van der Waals surface area contributed by atoms with Crippen molar-refractivity contribution in [3.8, 4) is 23.7 Å². The minimum absolute atomic E-state index is 0.373. The Bertz CT molecular complexity index is 2420. The van der Waals surface area contributed by atoms with Crippen LogP contribution in [0, 0.1) is 23.7 Å². The first-order valence-electron chi connectivity index (χ1n) is 24.3. The van der Waals surface area contributed by atoms with Gasteiger partial charge in [-0.25, -0.2) is 9.59 Å².